The molecular formula is C14H13N5O4. The average molecular weight is 315 g/mol. The lowest BCUT2D eigenvalue weighted by molar-refractivity contribution is -0.383. The van der Waals surface area contributed by atoms with Crippen molar-refractivity contribution in [1.82, 2.24) is 10.3 Å². The molecule has 1 atom stereocenters. The topological polar surface area (TPSA) is 140 Å². The molecule has 0 aliphatic heterocycles. The molecule has 0 radical (unpaired) electrons. The van der Waals surface area contributed by atoms with Crippen LogP contribution in [0.1, 0.15) is 18.6 Å². The fourth-order valence-corrected chi connectivity index (χ4v) is 2.27. The molecule has 0 fully saturated rings. The van der Waals surface area contributed by atoms with Crippen molar-refractivity contribution in [3.05, 3.63) is 46.0 Å². The predicted molar refractivity (Wildman–Crippen MR) is 83.2 cm³/mol. The van der Waals surface area contributed by atoms with Crippen molar-refractivity contribution in [2.75, 3.05) is 11.1 Å². The van der Waals surface area contributed by atoms with Crippen molar-refractivity contribution in [2.24, 2.45) is 0 Å². The van der Waals surface area contributed by atoms with Gasteiger partial charge in [-0.2, -0.15) is 0 Å². The van der Waals surface area contributed by atoms with Crippen LogP contribution in [0.25, 0.3) is 11.0 Å². The molecule has 118 valence electrons. The fourth-order valence-electron chi connectivity index (χ4n) is 2.27. The molecule has 23 heavy (non-hydrogen) atoms. The second kappa shape index (κ2) is 5.54. The second-order valence-corrected chi connectivity index (χ2v) is 5.00. The Morgan fingerprint density at radius 2 is 2.04 bits per heavy atom. The number of nitro benzene ring substituents is 1. The SMILES string of the molecule is CC(O)c1cc(Nc2ccc([N+](=O)[O-])c3nonc23)ccc1N. The first kappa shape index (κ1) is 14.7. The van der Waals surface area contributed by atoms with Gasteiger partial charge in [0.05, 0.1) is 16.7 Å². The first-order valence-corrected chi connectivity index (χ1v) is 6.71. The zero-order valence-electron chi connectivity index (χ0n) is 12.1. The van der Waals surface area contributed by atoms with Crippen molar-refractivity contribution in [3.63, 3.8) is 0 Å². The maximum Gasteiger partial charge on any atom is 0.300 e. The first-order chi connectivity index (χ1) is 11.0. The van der Waals surface area contributed by atoms with E-state index in [0.29, 0.717) is 22.6 Å². The van der Waals surface area contributed by atoms with E-state index in [1.54, 1.807) is 25.1 Å². The van der Waals surface area contributed by atoms with Crippen molar-refractivity contribution in [3.8, 4) is 0 Å². The molecule has 0 amide bonds. The van der Waals surface area contributed by atoms with Crippen LogP contribution in [0.4, 0.5) is 22.7 Å². The summed E-state index contributed by atoms with van der Waals surface area (Å²) in [6.07, 6.45) is -0.720. The molecule has 0 aliphatic carbocycles. The highest BCUT2D eigenvalue weighted by Crippen LogP contribution is 2.32. The van der Waals surface area contributed by atoms with E-state index in [-0.39, 0.29) is 16.7 Å². The maximum absolute atomic E-state index is 11.0. The van der Waals surface area contributed by atoms with Gasteiger partial charge >= 0.3 is 5.69 Å². The number of nitrogen functional groups attached to an aromatic ring is 1. The van der Waals surface area contributed by atoms with Crippen LogP contribution in [0.5, 0.6) is 0 Å². The number of aliphatic hydroxyl groups is 1. The molecule has 2 aromatic carbocycles. The van der Waals surface area contributed by atoms with Crippen LogP contribution < -0.4 is 11.1 Å². The summed E-state index contributed by atoms with van der Waals surface area (Å²) in [5.41, 5.74) is 8.12. The number of anilines is 3. The molecule has 0 saturated carbocycles. The molecular weight excluding hydrogens is 302 g/mol. The van der Waals surface area contributed by atoms with Crippen molar-refractivity contribution in [2.45, 2.75) is 13.0 Å². The average Bonchev–Trinajstić information content (AvgIpc) is 2.98. The molecule has 1 unspecified atom stereocenters. The number of rotatable bonds is 4. The quantitative estimate of drug-likeness (QED) is 0.379. The Morgan fingerprint density at radius 1 is 1.30 bits per heavy atom. The van der Waals surface area contributed by atoms with E-state index >= 15 is 0 Å². The minimum atomic E-state index is -0.720. The van der Waals surface area contributed by atoms with Crippen LogP contribution in [0.15, 0.2) is 35.0 Å². The molecule has 1 heterocycles. The van der Waals surface area contributed by atoms with Crippen molar-refractivity contribution < 1.29 is 14.7 Å². The van der Waals surface area contributed by atoms with Crippen LogP contribution in [0.3, 0.4) is 0 Å². The van der Waals surface area contributed by atoms with Crippen LogP contribution in [0.2, 0.25) is 0 Å². The summed E-state index contributed by atoms with van der Waals surface area (Å²) in [4.78, 5) is 10.4. The molecule has 4 N–H and O–H groups in total. The number of nitrogens with one attached hydrogen (secondary N) is 1. The highest BCUT2D eigenvalue weighted by molar-refractivity contribution is 5.94. The second-order valence-electron chi connectivity index (χ2n) is 5.00. The molecule has 0 aliphatic rings. The molecule has 3 aromatic rings. The van der Waals surface area contributed by atoms with Crippen LogP contribution in [0, 0.1) is 10.1 Å². The summed E-state index contributed by atoms with van der Waals surface area (Å²) in [7, 11) is 0. The van der Waals surface area contributed by atoms with Crippen molar-refractivity contribution in [1.29, 1.82) is 0 Å². The molecule has 0 bridgehead atoms. The largest absolute Gasteiger partial charge is 0.398 e. The Bertz CT molecular complexity index is 890. The Hall–Kier alpha value is -3.20. The van der Waals surface area contributed by atoms with Gasteiger partial charge in [0.15, 0.2) is 5.52 Å². The Balaban J connectivity index is 2.03. The predicted octanol–water partition coefficient (Wildman–Crippen LogP) is 2.51. The molecule has 0 saturated heterocycles. The third-order valence-corrected chi connectivity index (χ3v) is 3.41. The van der Waals surface area contributed by atoms with Gasteiger partial charge in [-0.05, 0) is 41.5 Å². The van der Waals surface area contributed by atoms with E-state index in [9.17, 15) is 15.2 Å². The van der Waals surface area contributed by atoms with Gasteiger partial charge in [-0.3, -0.25) is 10.1 Å². The lowest BCUT2D eigenvalue weighted by atomic mass is 10.1. The van der Waals surface area contributed by atoms with Gasteiger partial charge in [-0.1, -0.05) is 0 Å². The number of nitrogens with two attached hydrogens (primary N) is 1. The molecule has 9 heteroatoms. The van der Waals surface area contributed by atoms with Crippen molar-refractivity contribution >= 4 is 33.8 Å². The van der Waals surface area contributed by atoms with Gasteiger partial charge < -0.3 is 16.2 Å². The number of aromatic nitrogens is 2. The van der Waals surface area contributed by atoms with Crippen LogP contribution >= 0.6 is 0 Å². The van der Waals surface area contributed by atoms with Gasteiger partial charge in [-0.25, -0.2) is 4.63 Å². The third-order valence-electron chi connectivity index (χ3n) is 3.41. The lowest BCUT2D eigenvalue weighted by Gasteiger charge is -2.12. The number of hydrogen-bond donors (Lipinski definition) is 3. The van der Waals surface area contributed by atoms with Gasteiger partial charge in [0.2, 0.25) is 5.52 Å². The summed E-state index contributed by atoms with van der Waals surface area (Å²) in [6.45, 7) is 1.61. The number of hydrogen-bond acceptors (Lipinski definition) is 8. The summed E-state index contributed by atoms with van der Waals surface area (Å²) in [5, 5.41) is 31.0. The summed E-state index contributed by atoms with van der Waals surface area (Å²) >= 11 is 0. The number of nitro groups is 1. The van der Waals surface area contributed by atoms with E-state index in [1.165, 1.54) is 12.1 Å². The molecule has 0 spiro atoms. The van der Waals surface area contributed by atoms with Gasteiger partial charge in [-0.15, -0.1) is 0 Å². The standard InChI is InChI=1S/C14H13N5O4/c1-7(20)9-6-8(2-3-10(9)15)16-11-4-5-12(19(21)22)14-13(11)17-23-18-14/h2-7,16,20H,15H2,1H3. The minimum Gasteiger partial charge on any atom is -0.398 e. The molecule has 1 aromatic heterocycles. The first-order valence-electron chi connectivity index (χ1n) is 6.71. The normalized spacial score (nSPS) is 12.3. The van der Waals surface area contributed by atoms with E-state index < -0.39 is 11.0 Å². The summed E-state index contributed by atoms with van der Waals surface area (Å²) in [5.74, 6) is 0. The summed E-state index contributed by atoms with van der Waals surface area (Å²) < 4.78 is 4.61. The van der Waals surface area contributed by atoms with Gasteiger partial charge in [0.1, 0.15) is 0 Å². The Labute approximate surface area is 129 Å². The number of fused-ring (bicyclic) bond motifs is 1. The fraction of sp³-hybridized carbons (Fsp3) is 0.143. The van der Waals surface area contributed by atoms with E-state index in [2.05, 4.69) is 20.3 Å². The van der Waals surface area contributed by atoms with E-state index in [1.807, 2.05) is 0 Å². The Morgan fingerprint density at radius 3 is 2.74 bits per heavy atom. The maximum atomic E-state index is 11.0. The zero-order chi connectivity index (χ0) is 16.6. The zero-order valence-corrected chi connectivity index (χ0v) is 12.1. The smallest absolute Gasteiger partial charge is 0.300 e. The number of benzene rings is 2. The highest BCUT2D eigenvalue weighted by Gasteiger charge is 2.19. The van der Waals surface area contributed by atoms with Crippen LogP contribution in [-0.4, -0.2) is 20.3 Å². The Kier molecular flexibility index (Phi) is 3.54. The highest BCUT2D eigenvalue weighted by atomic mass is 16.6. The van der Waals surface area contributed by atoms with Gasteiger partial charge in [0, 0.05) is 23.0 Å². The lowest BCUT2D eigenvalue weighted by Crippen LogP contribution is -2.00. The monoisotopic (exact) mass is 315 g/mol. The molecule has 3 rings (SSSR count). The van der Waals surface area contributed by atoms with E-state index in [4.69, 9.17) is 5.73 Å². The minimum absolute atomic E-state index is 0.0613. The van der Waals surface area contributed by atoms with E-state index in [0.717, 1.165) is 0 Å². The van der Waals surface area contributed by atoms with Crippen LogP contribution in [-0.2, 0) is 0 Å². The molecule has 9 nitrogen and oxygen atoms in total. The number of aliphatic hydroxyl groups excluding tert-OH is 1. The summed E-state index contributed by atoms with van der Waals surface area (Å²) in [6, 6.07) is 7.92. The number of nitrogens with zero attached hydrogens (tertiary/aromatic N) is 3. The third kappa shape index (κ3) is 2.64. The van der Waals surface area contributed by atoms with Gasteiger partial charge in [0.25, 0.3) is 0 Å². The number of non-ortho nitro benzene ring substituents is 1.